The number of quaternary nitrogens is 1. The summed E-state index contributed by atoms with van der Waals surface area (Å²) < 4.78 is 11.9. The van der Waals surface area contributed by atoms with Crippen LogP contribution in [0.4, 0.5) is 0 Å². The van der Waals surface area contributed by atoms with Crippen molar-refractivity contribution in [2.45, 2.75) is 78.1 Å². The summed E-state index contributed by atoms with van der Waals surface area (Å²) in [7, 11) is -3.77. The minimum Gasteiger partial charge on any atom is -0.326 e. The summed E-state index contributed by atoms with van der Waals surface area (Å²) in [6.45, 7) is 10.1. The van der Waals surface area contributed by atoms with Gasteiger partial charge in [0, 0.05) is 12.7 Å². The van der Waals surface area contributed by atoms with E-state index in [0.717, 1.165) is 25.9 Å². The van der Waals surface area contributed by atoms with Gasteiger partial charge in [-0.2, -0.15) is 0 Å². The first kappa shape index (κ1) is 24.1. The molecule has 0 saturated carbocycles. The molecule has 0 amide bonds. The van der Waals surface area contributed by atoms with Gasteiger partial charge in [-0.3, -0.25) is 4.57 Å². The van der Waals surface area contributed by atoms with Gasteiger partial charge in [0.05, 0.1) is 26.2 Å². The summed E-state index contributed by atoms with van der Waals surface area (Å²) in [4.78, 5) is 17.6. The Morgan fingerprint density at radius 3 is 1.54 bits per heavy atom. The minimum absolute atomic E-state index is 0.0483. The van der Waals surface area contributed by atoms with Gasteiger partial charge in [-0.15, -0.1) is 0 Å². The number of nitrogens with two attached hydrogens (primary N) is 1. The van der Waals surface area contributed by atoms with Crippen LogP contribution in [0.2, 0.25) is 0 Å². The molecule has 6 heteroatoms. The van der Waals surface area contributed by atoms with Crippen LogP contribution < -0.4 is 5.73 Å². The fourth-order valence-corrected chi connectivity index (χ4v) is 4.06. The van der Waals surface area contributed by atoms with Crippen LogP contribution in [-0.2, 0) is 4.57 Å². The van der Waals surface area contributed by atoms with E-state index in [9.17, 15) is 4.57 Å². The molecule has 0 aliphatic carbocycles. The molecule has 0 fully saturated rings. The molecule has 0 aliphatic heterocycles. The highest BCUT2D eigenvalue weighted by Crippen LogP contribution is 2.35. The van der Waals surface area contributed by atoms with E-state index < -0.39 is 7.60 Å². The van der Waals surface area contributed by atoms with E-state index >= 15 is 0 Å². The lowest BCUT2D eigenvalue weighted by molar-refractivity contribution is -0.923. The van der Waals surface area contributed by atoms with Gasteiger partial charge in [0.1, 0.15) is 0 Å². The Labute approximate surface area is 149 Å². The molecule has 24 heavy (non-hydrogen) atoms. The molecule has 0 unspecified atom stereocenters. The Morgan fingerprint density at radius 1 is 0.750 bits per heavy atom. The second-order valence-electron chi connectivity index (χ2n) is 7.13. The third kappa shape index (κ3) is 13.4. The number of unbranched alkanes of at least 4 members (excludes halogenated alkanes) is 9. The van der Waals surface area contributed by atoms with Crippen molar-refractivity contribution in [1.82, 2.24) is 0 Å². The van der Waals surface area contributed by atoms with Crippen LogP contribution >= 0.6 is 7.60 Å². The van der Waals surface area contributed by atoms with Crippen molar-refractivity contribution in [1.29, 1.82) is 0 Å². The Hall–Kier alpha value is 0.0700. The molecule has 0 heterocycles. The predicted octanol–water partition coefficient (Wildman–Crippen LogP) is 3.88. The van der Waals surface area contributed by atoms with E-state index in [1.807, 2.05) is 0 Å². The second-order valence-corrected chi connectivity index (χ2v) is 8.91. The summed E-state index contributed by atoms with van der Waals surface area (Å²) in [5, 5.41) is 0. The molecule has 0 aromatic heterocycles. The van der Waals surface area contributed by atoms with E-state index in [4.69, 9.17) is 15.5 Å². The average Bonchev–Trinajstić information content (AvgIpc) is 2.54. The highest BCUT2D eigenvalue weighted by Gasteiger charge is 2.20. The maximum atomic E-state index is 10.7. The van der Waals surface area contributed by atoms with Crippen LogP contribution in [0.5, 0.6) is 0 Å². The van der Waals surface area contributed by atoms with Crippen molar-refractivity contribution in [3.05, 3.63) is 0 Å². The van der Waals surface area contributed by atoms with E-state index in [1.54, 1.807) is 0 Å². The topological polar surface area (TPSA) is 83.6 Å². The van der Waals surface area contributed by atoms with Crippen molar-refractivity contribution < 1.29 is 18.8 Å². The molecule has 0 spiro atoms. The maximum Gasteiger partial charge on any atom is 0.325 e. The molecule has 0 atom stereocenters. The van der Waals surface area contributed by atoms with Gasteiger partial charge in [-0.1, -0.05) is 44.9 Å². The van der Waals surface area contributed by atoms with Crippen LogP contribution in [0.15, 0.2) is 0 Å². The molecule has 0 aromatic carbocycles. The SMILES string of the molecule is CC[N+](CC)(CCN)CCCCCCCCCCCCP(=O)(O)O. The third-order valence-electron chi connectivity index (χ3n) is 5.28. The van der Waals surface area contributed by atoms with Crippen molar-refractivity contribution >= 4 is 7.60 Å². The molecule has 0 saturated heterocycles. The van der Waals surface area contributed by atoms with Gasteiger partial charge in [0.15, 0.2) is 0 Å². The normalized spacial score (nSPS) is 12.7. The summed E-state index contributed by atoms with van der Waals surface area (Å²) in [5.41, 5.74) is 5.76. The van der Waals surface area contributed by atoms with Gasteiger partial charge in [0.2, 0.25) is 0 Å². The van der Waals surface area contributed by atoms with Crippen LogP contribution in [0.3, 0.4) is 0 Å². The molecule has 0 aromatic rings. The molecule has 4 N–H and O–H groups in total. The largest absolute Gasteiger partial charge is 0.326 e. The van der Waals surface area contributed by atoms with E-state index in [-0.39, 0.29) is 6.16 Å². The number of hydrogen-bond acceptors (Lipinski definition) is 2. The molecule has 0 rings (SSSR count). The number of rotatable bonds is 17. The zero-order valence-electron chi connectivity index (χ0n) is 16.1. The fourth-order valence-electron chi connectivity index (χ4n) is 3.42. The molecule has 146 valence electrons. The first-order valence-electron chi connectivity index (χ1n) is 9.99. The zero-order chi connectivity index (χ0) is 18.3. The molecule has 0 aliphatic rings. The monoisotopic (exact) mass is 365 g/mol. The Morgan fingerprint density at radius 2 is 1.17 bits per heavy atom. The van der Waals surface area contributed by atoms with E-state index in [2.05, 4.69) is 13.8 Å². The van der Waals surface area contributed by atoms with Gasteiger partial charge in [-0.25, -0.2) is 0 Å². The Balaban J connectivity index is 3.43. The highest BCUT2D eigenvalue weighted by molar-refractivity contribution is 7.51. The van der Waals surface area contributed by atoms with Crippen molar-refractivity contribution in [3.8, 4) is 0 Å². The first-order chi connectivity index (χ1) is 11.4. The number of hydrogen-bond donors (Lipinski definition) is 3. The molecule has 0 bridgehead atoms. The quantitative estimate of drug-likeness (QED) is 0.207. The van der Waals surface area contributed by atoms with Crippen LogP contribution in [-0.4, -0.2) is 53.2 Å². The molecular weight excluding hydrogens is 323 g/mol. The van der Waals surface area contributed by atoms with Crippen molar-refractivity contribution in [2.75, 3.05) is 38.9 Å². The third-order valence-corrected chi connectivity index (χ3v) is 6.18. The summed E-state index contributed by atoms with van der Waals surface area (Å²) in [6.07, 6.45) is 11.8. The van der Waals surface area contributed by atoms with Crippen LogP contribution in [0, 0.1) is 0 Å². The number of likely N-dealkylation sites (N-methyl/N-ethyl adjacent to an activating group) is 1. The minimum atomic E-state index is -3.77. The lowest BCUT2D eigenvalue weighted by atomic mass is 10.1. The van der Waals surface area contributed by atoms with Gasteiger partial charge in [0.25, 0.3) is 0 Å². The van der Waals surface area contributed by atoms with Gasteiger partial charge < -0.3 is 20.0 Å². The average molecular weight is 366 g/mol. The standard InChI is InChI=1S/C18H41N2O3P/c1-3-20(4-2,17-15-19)16-13-11-9-7-5-6-8-10-12-14-18-24(21,22)23/h3-19H2,1-2H3,(H-,21,22,23)/p+1. The second kappa shape index (κ2) is 14.3. The van der Waals surface area contributed by atoms with Gasteiger partial charge in [-0.05, 0) is 33.1 Å². The lowest BCUT2D eigenvalue weighted by Gasteiger charge is -2.36. The van der Waals surface area contributed by atoms with Gasteiger partial charge >= 0.3 is 7.60 Å². The maximum absolute atomic E-state index is 10.7. The lowest BCUT2D eigenvalue weighted by Crippen LogP contribution is -2.51. The molecule has 0 radical (unpaired) electrons. The summed E-state index contributed by atoms with van der Waals surface area (Å²) in [5.74, 6) is 0. The Bertz CT molecular complexity index is 330. The smallest absolute Gasteiger partial charge is 0.325 e. The first-order valence-corrected chi connectivity index (χ1v) is 11.8. The summed E-state index contributed by atoms with van der Waals surface area (Å²) in [6, 6.07) is 0. The van der Waals surface area contributed by atoms with Crippen molar-refractivity contribution in [3.63, 3.8) is 0 Å². The Kier molecular flexibility index (Phi) is 14.3. The molecular formula is C18H42N2O3P+. The van der Waals surface area contributed by atoms with Crippen LogP contribution in [0.25, 0.3) is 0 Å². The highest BCUT2D eigenvalue weighted by atomic mass is 31.2. The number of nitrogens with zero attached hydrogens (tertiary/aromatic N) is 1. The zero-order valence-corrected chi connectivity index (χ0v) is 17.0. The fraction of sp³-hybridized carbons (Fsp3) is 1.00. The molecule has 5 nitrogen and oxygen atoms in total. The predicted molar refractivity (Wildman–Crippen MR) is 103 cm³/mol. The van der Waals surface area contributed by atoms with E-state index in [1.165, 1.54) is 69.1 Å². The van der Waals surface area contributed by atoms with E-state index in [0.29, 0.717) is 6.42 Å². The van der Waals surface area contributed by atoms with Crippen LogP contribution in [0.1, 0.15) is 78.1 Å². The van der Waals surface area contributed by atoms with Crippen molar-refractivity contribution in [2.24, 2.45) is 5.73 Å². The summed E-state index contributed by atoms with van der Waals surface area (Å²) >= 11 is 0.